The van der Waals surface area contributed by atoms with Crippen molar-refractivity contribution >= 4 is 17.3 Å². The summed E-state index contributed by atoms with van der Waals surface area (Å²) in [4.78, 5) is 4.60. The van der Waals surface area contributed by atoms with E-state index < -0.39 is 0 Å². The van der Waals surface area contributed by atoms with Crippen LogP contribution in [0.5, 0.6) is 0 Å². The summed E-state index contributed by atoms with van der Waals surface area (Å²) in [5.41, 5.74) is 2.39. The normalized spacial score (nSPS) is 11.1. The highest BCUT2D eigenvalue weighted by atomic mass is 35.5. The minimum Gasteiger partial charge on any atom is -0.372 e. The lowest BCUT2D eigenvalue weighted by molar-refractivity contribution is 0.400. The van der Waals surface area contributed by atoms with E-state index in [0.717, 1.165) is 44.2 Å². The first-order valence-electron chi connectivity index (χ1n) is 7.47. The molecule has 1 rings (SSSR count). The molecule has 1 aromatic rings. The number of halogens is 1. The first kappa shape index (κ1) is 17.3. The van der Waals surface area contributed by atoms with Crippen LogP contribution in [0.2, 0.25) is 5.02 Å². The lowest BCUT2D eigenvalue weighted by Gasteiger charge is -2.24. The fourth-order valence-corrected chi connectivity index (χ4v) is 2.43. The number of rotatable bonds is 9. The topological polar surface area (TPSA) is 18.5 Å². The zero-order valence-corrected chi connectivity index (χ0v) is 14.0. The lowest BCUT2D eigenvalue weighted by Crippen LogP contribution is -2.27. The molecule has 0 saturated carbocycles. The maximum absolute atomic E-state index is 6.38. The number of hydrogen-bond donors (Lipinski definition) is 1. The molecule has 0 saturated heterocycles. The zero-order valence-electron chi connectivity index (χ0n) is 13.2. The van der Waals surface area contributed by atoms with Crippen molar-refractivity contribution in [2.75, 3.05) is 45.2 Å². The average molecular weight is 298 g/mol. The minimum atomic E-state index is 0.836. The van der Waals surface area contributed by atoms with Gasteiger partial charge in [0.1, 0.15) is 0 Å². The summed E-state index contributed by atoms with van der Waals surface area (Å²) in [5.74, 6) is 0. The maximum atomic E-state index is 6.38. The summed E-state index contributed by atoms with van der Waals surface area (Å²) in [6.45, 7) is 9.28. The summed E-state index contributed by atoms with van der Waals surface area (Å²) >= 11 is 6.38. The van der Waals surface area contributed by atoms with Crippen molar-refractivity contribution in [2.45, 2.75) is 26.8 Å². The van der Waals surface area contributed by atoms with Gasteiger partial charge < -0.3 is 15.1 Å². The van der Waals surface area contributed by atoms with Crippen molar-refractivity contribution in [2.24, 2.45) is 0 Å². The Labute approximate surface area is 128 Å². The van der Waals surface area contributed by atoms with Gasteiger partial charge in [0, 0.05) is 30.3 Å². The third-order valence-corrected chi connectivity index (χ3v) is 3.73. The standard InChI is InChI=1S/C16H28ClN3/c1-5-18-13-14-8-9-15(12-16(14)17)20(6-2)11-7-10-19(3)4/h8-9,12,18H,5-7,10-11,13H2,1-4H3. The molecule has 1 aromatic carbocycles. The SMILES string of the molecule is CCNCc1ccc(N(CC)CCCN(C)C)cc1Cl. The van der Waals surface area contributed by atoms with Gasteiger partial charge in [-0.05, 0) is 58.2 Å². The van der Waals surface area contributed by atoms with E-state index in [0.29, 0.717) is 0 Å². The van der Waals surface area contributed by atoms with Gasteiger partial charge in [0.2, 0.25) is 0 Å². The first-order valence-corrected chi connectivity index (χ1v) is 7.85. The van der Waals surface area contributed by atoms with Gasteiger partial charge in [-0.1, -0.05) is 24.6 Å². The van der Waals surface area contributed by atoms with Crippen molar-refractivity contribution in [3.8, 4) is 0 Å². The second-order valence-electron chi connectivity index (χ2n) is 5.29. The highest BCUT2D eigenvalue weighted by molar-refractivity contribution is 6.31. The number of benzene rings is 1. The van der Waals surface area contributed by atoms with Crippen LogP contribution in [0.15, 0.2) is 18.2 Å². The second-order valence-corrected chi connectivity index (χ2v) is 5.70. The second kappa shape index (κ2) is 9.22. The van der Waals surface area contributed by atoms with Gasteiger partial charge in [0.15, 0.2) is 0 Å². The van der Waals surface area contributed by atoms with Gasteiger partial charge in [-0.2, -0.15) is 0 Å². The van der Waals surface area contributed by atoms with E-state index in [1.54, 1.807) is 0 Å². The van der Waals surface area contributed by atoms with Crippen LogP contribution in [-0.4, -0.2) is 45.2 Å². The maximum Gasteiger partial charge on any atom is 0.0471 e. The number of nitrogens with one attached hydrogen (secondary N) is 1. The van der Waals surface area contributed by atoms with E-state index in [1.807, 2.05) is 0 Å². The first-order chi connectivity index (χ1) is 9.58. The van der Waals surface area contributed by atoms with Crippen LogP contribution in [0.25, 0.3) is 0 Å². The summed E-state index contributed by atoms with van der Waals surface area (Å²) < 4.78 is 0. The van der Waals surface area contributed by atoms with E-state index in [2.05, 4.69) is 61.3 Å². The third kappa shape index (κ3) is 5.70. The van der Waals surface area contributed by atoms with Crippen molar-refractivity contribution in [1.82, 2.24) is 10.2 Å². The Bertz CT molecular complexity index is 393. The molecule has 1 N–H and O–H groups in total. The molecule has 0 aliphatic carbocycles. The molecule has 0 aliphatic heterocycles. The Morgan fingerprint density at radius 3 is 2.45 bits per heavy atom. The molecule has 0 amide bonds. The highest BCUT2D eigenvalue weighted by Gasteiger charge is 2.07. The Hall–Kier alpha value is -0.770. The predicted molar refractivity (Wildman–Crippen MR) is 89.9 cm³/mol. The van der Waals surface area contributed by atoms with Crippen molar-refractivity contribution in [3.05, 3.63) is 28.8 Å². The molecular weight excluding hydrogens is 270 g/mol. The lowest BCUT2D eigenvalue weighted by atomic mass is 10.2. The monoisotopic (exact) mass is 297 g/mol. The van der Waals surface area contributed by atoms with Crippen LogP contribution in [0.4, 0.5) is 5.69 Å². The van der Waals surface area contributed by atoms with Crippen molar-refractivity contribution in [3.63, 3.8) is 0 Å². The van der Waals surface area contributed by atoms with E-state index in [1.165, 1.54) is 11.3 Å². The molecule has 0 atom stereocenters. The fourth-order valence-electron chi connectivity index (χ4n) is 2.18. The minimum absolute atomic E-state index is 0.836. The largest absolute Gasteiger partial charge is 0.372 e. The van der Waals surface area contributed by atoms with Crippen LogP contribution in [0, 0.1) is 0 Å². The molecule has 0 heterocycles. The molecule has 114 valence electrons. The highest BCUT2D eigenvalue weighted by Crippen LogP contribution is 2.24. The molecular formula is C16H28ClN3. The van der Waals surface area contributed by atoms with Crippen molar-refractivity contribution in [1.29, 1.82) is 0 Å². The van der Waals surface area contributed by atoms with E-state index in [9.17, 15) is 0 Å². The summed E-state index contributed by atoms with van der Waals surface area (Å²) in [6, 6.07) is 6.40. The molecule has 0 unspecified atom stereocenters. The van der Waals surface area contributed by atoms with Gasteiger partial charge >= 0.3 is 0 Å². The van der Waals surface area contributed by atoms with Gasteiger partial charge in [-0.25, -0.2) is 0 Å². The average Bonchev–Trinajstić information content (AvgIpc) is 2.42. The van der Waals surface area contributed by atoms with E-state index in [-0.39, 0.29) is 0 Å². The molecule has 3 nitrogen and oxygen atoms in total. The van der Waals surface area contributed by atoms with Crippen LogP contribution >= 0.6 is 11.6 Å². The van der Waals surface area contributed by atoms with Crippen LogP contribution < -0.4 is 10.2 Å². The van der Waals surface area contributed by atoms with Crippen LogP contribution in [-0.2, 0) is 6.54 Å². The van der Waals surface area contributed by atoms with Gasteiger partial charge in [-0.3, -0.25) is 0 Å². The molecule has 0 bridgehead atoms. The van der Waals surface area contributed by atoms with Crippen LogP contribution in [0.1, 0.15) is 25.8 Å². The zero-order chi connectivity index (χ0) is 15.0. The molecule has 0 radical (unpaired) electrons. The van der Waals surface area contributed by atoms with Gasteiger partial charge in [0.25, 0.3) is 0 Å². The summed E-state index contributed by atoms with van der Waals surface area (Å²) in [7, 11) is 4.23. The molecule has 0 spiro atoms. The number of nitrogens with zero attached hydrogens (tertiary/aromatic N) is 2. The summed E-state index contributed by atoms with van der Waals surface area (Å²) in [6.07, 6.45) is 1.16. The van der Waals surface area contributed by atoms with Crippen LogP contribution in [0.3, 0.4) is 0 Å². The van der Waals surface area contributed by atoms with Gasteiger partial charge in [0.05, 0.1) is 0 Å². The van der Waals surface area contributed by atoms with E-state index >= 15 is 0 Å². The number of hydrogen-bond acceptors (Lipinski definition) is 3. The van der Waals surface area contributed by atoms with E-state index in [4.69, 9.17) is 11.6 Å². The molecule has 0 aromatic heterocycles. The Morgan fingerprint density at radius 1 is 1.15 bits per heavy atom. The third-order valence-electron chi connectivity index (χ3n) is 3.38. The number of anilines is 1. The predicted octanol–water partition coefficient (Wildman–Crippen LogP) is 3.23. The van der Waals surface area contributed by atoms with Gasteiger partial charge in [-0.15, -0.1) is 0 Å². The molecule has 0 aliphatic rings. The Morgan fingerprint density at radius 2 is 1.90 bits per heavy atom. The molecule has 4 heteroatoms. The molecule has 0 fully saturated rings. The fraction of sp³-hybridized carbons (Fsp3) is 0.625. The smallest absolute Gasteiger partial charge is 0.0471 e. The van der Waals surface area contributed by atoms with Crippen molar-refractivity contribution < 1.29 is 0 Å². The quantitative estimate of drug-likeness (QED) is 0.755. The Kier molecular flexibility index (Phi) is 7.97. The summed E-state index contributed by atoms with van der Waals surface area (Å²) in [5, 5.41) is 4.17. The Balaban J connectivity index is 2.65. The molecule has 20 heavy (non-hydrogen) atoms.